The third-order valence-corrected chi connectivity index (χ3v) is 6.87. The highest BCUT2D eigenvalue weighted by Gasteiger charge is 2.38. The molecule has 0 aromatic heterocycles. The van der Waals surface area contributed by atoms with Crippen molar-refractivity contribution in [3.05, 3.63) is 64.4 Å². The van der Waals surface area contributed by atoms with Crippen molar-refractivity contribution >= 4 is 33.2 Å². The van der Waals surface area contributed by atoms with E-state index in [0.717, 1.165) is 18.2 Å². The Bertz CT molecular complexity index is 1140. The number of sulfonamides is 1. The van der Waals surface area contributed by atoms with Gasteiger partial charge in [0, 0.05) is 29.1 Å². The summed E-state index contributed by atoms with van der Waals surface area (Å²) in [5.41, 5.74) is 5.30. The first-order valence-corrected chi connectivity index (χ1v) is 11.2. The molecule has 0 heterocycles. The Morgan fingerprint density at radius 1 is 1.21 bits per heavy atom. The number of nitrogens with two attached hydrogens (primary N) is 1. The molecule has 0 aliphatic heterocycles. The first-order valence-electron chi connectivity index (χ1n) is 9.37. The highest BCUT2D eigenvalue weighted by molar-refractivity contribution is 7.89. The van der Waals surface area contributed by atoms with Gasteiger partial charge in [0.25, 0.3) is 0 Å². The number of nitrogens with zero attached hydrogens (tertiary/aromatic N) is 2. The van der Waals surface area contributed by atoms with Gasteiger partial charge in [-0.2, -0.15) is 17.5 Å². The molecule has 3 N–H and O–H groups in total. The molecule has 33 heavy (non-hydrogen) atoms. The Labute approximate surface area is 192 Å². The number of carbonyl (C=O) groups excluding carboxylic acids is 1. The van der Waals surface area contributed by atoms with Gasteiger partial charge in [0.2, 0.25) is 15.9 Å². The van der Waals surface area contributed by atoms with Crippen LogP contribution in [0.2, 0.25) is 5.02 Å². The summed E-state index contributed by atoms with van der Waals surface area (Å²) >= 11 is 5.77. The fourth-order valence-electron chi connectivity index (χ4n) is 2.96. The van der Waals surface area contributed by atoms with Gasteiger partial charge >= 0.3 is 6.18 Å². The zero-order valence-electron chi connectivity index (χ0n) is 17.2. The number of primary amides is 1. The van der Waals surface area contributed by atoms with Crippen LogP contribution in [-0.4, -0.2) is 41.8 Å². The summed E-state index contributed by atoms with van der Waals surface area (Å²) < 4.78 is 80.2. The van der Waals surface area contributed by atoms with Crippen molar-refractivity contribution in [2.45, 2.75) is 43.4 Å². The molecule has 0 bridgehead atoms. The quantitative estimate of drug-likeness (QED) is 0.230. The third kappa shape index (κ3) is 6.89. The van der Waals surface area contributed by atoms with E-state index in [1.54, 1.807) is 0 Å². The van der Waals surface area contributed by atoms with Crippen molar-refractivity contribution < 1.29 is 36.0 Å². The summed E-state index contributed by atoms with van der Waals surface area (Å²) in [5, 5.41) is 12.0. The monoisotopic (exact) mass is 509 g/mol. The number of amides is 1. The van der Waals surface area contributed by atoms with Crippen molar-refractivity contribution in [2.24, 2.45) is 10.9 Å². The van der Waals surface area contributed by atoms with Gasteiger partial charge in [0.1, 0.15) is 11.9 Å². The number of hydrogen-bond donors (Lipinski definition) is 2. The van der Waals surface area contributed by atoms with Crippen molar-refractivity contribution in [1.82, 2.24) is 4.31 Å². The normalized spacial score (nSPS) is 13.8. The molecular weight excluding hydrogens is 490 g/mol. The Balaban J connectivity index is 2.56. The topological polar surface area (TPSA) is 113 Å². The predicted octanol–water partition coefficient (Wildman–Crippen LogP) is 4.06. The van der Waals surface area contributed by atoms with Gasteiger partial charge in [-0.1, -0.05) is 28.9 Å². The van der Waals surface area contributed by atoms with E-state index in [-0.39, 0.29) is 26.8 Å². The standard InChI is InChI=1S/C20H20ClF4N3O4S/c1-12(27-30)13-2-3-14(17(22)10-13)11-28(18(19(26)29)8-9-20(23,24)25)33(31,32)16-6-4-15(21)5-7-16/h2-7,10,18,30H,8-9,11H2,1H3,(H2,26,29)/b27-12+/t18-/m1/s1. The fraction of sp³-hybridized carbons (Fsp3) is 0.300. The maximum absolute atomic E-state index is 14.7. The number of halogens is 5. The van der Waals surface area contributed by atoms with Crippen LogP contribution in [0.4, 0.5) is 17.6 Å². The first kappa shape index (κ1) is 26.6. The van der Waals surface area contributed by atoms with Crippen molar-refractivity contribution in [3.63, 3.8) is 0 Å². The molecule has 0 fully saturated rings. The van der Waals surface area contributed by atoms with E-state index in [2.05, 4.69) is 5.16 Å². The summed E-state index contributed by atoms with van der Waals surface area (Å²) in [7, 11) is -4.60. The number of rotatable bonds is 9. The second-order valence-electron chi connectivity index (χ2n) is 7.07. The molecule has 7 nitrogen and oxygen atoms in total. The van der Waals surface area contributed by atoms with Crippen LogP contribution in [0.5, 0.6) is 0 Å². The smallest absolute Gasteiger partial charge is 0.389 e. The van der Waals surface area contributed by atoms with Gasteiger partial charge in [-0.25, -0.2) is 12.8 Å². The molecular formula is C20H20ClF4N3O4S. The van der Waals surface area contributed by atoms with Crippen LogP contribution in [0.25, 0.3) is 0 Å². The fourth-order valence-corrected chi connectivity index (χ4v) is 4.69. The maximum Gasteiger partial charge on any atom is 0.389 e. The van der Waals surface area contributed by atoms with Gasteiger partial charge in [-0.05, 0) is 43.7 Å². The maximum atomic E-state index is 14.7. The predicted molar refractivity (Wildman–Crippen MR) is 113 cm³/mol. The van der Waals surface area contributed by atoms with E-state index in [0.29, 0.717) is 4.31 Å². The van der Waals surface area contributed by atoms with Gasteiger partial charge in [-0.3, -0.25) is 4.79 Å². The van der Waals surface area contributed by atoms with Gasteiger partial charge in [-0.15, -0.1) is 0 Å². The van der Waals surface area contributed by atoms with Crippen molar-refractivity contribution in [1.29, 1.82) is 0 Å². The van der Waals surface area contributed by atoms with Crippen LogP contribution < -0.4 is 5.73 Å². The molecule has 13 heteroatoms. The van der Waals surface area contributed by atoms with Gasteiger partial charge < -0.3 is 10.9 Å². The molecule has 1 atom stereocenters. The van der Waals surface area contributed by atoms with E-state index < -0.39 is 53.4 Å². The van der Waals surface area contributed by atoms with Crippen LogP contribution in [0.1, 0.15) is 30.9 Å². The molecule has 0 aliphatic rings. The SMILES string of the molecule is C/C(=N\O)c1ccc(CN([C@H](CCC(F)(F)F)C(N)=O)S(=O)(=O)c2ccc(Cl)cc2)c(F)c1. The highest BCUT2D eigenvalue weighted by atomic mass is 35.5. The number of hydrogen-bond acceptors (Lipinski definition) is 5. The molecule has 0 saturated heterocycles. The molecule has 2 rings (SSSR count). The molecule has 0 saturated carbocycles. The Hall–Kier alpha value is -2.70. The van der Waals surface area contributed by atoms with E-state index in [1.807, 2.05) is 0 Å². The van der Waals surface area contributed by atoms with Crippen LogP contribution >= 0.6 is 11.6 Å². The number of benzene rings is 2. The molecule has 180 valence electrons. The Morgan fingerprint density at radius 3 is 2.30 bits per heavy atom. The highest BCUT2D eigenvalue weighted by Crippen LogP contribution is 2.29. The minimum atomic E-state index is -4.68. The molecule has 0 spiro atoms. The van der Waals surface area contributed by atoms with Gasteiger partial charge in [0.15, 0.2) is 0 Å². The lowest BCUT2D eigenvalue weighted by Crippen LogP contribution is -2.48. The summed E-state index contributed by atoms with van der Waals surface area (Å²) in [4.78, 5) is 11.7. The van der Waals surface area contributed by atoms with E-state index in [4.69, 9.17) is 22.5 Å². The molecule has 1 amide bonds. The first-order chi connectivity index (χ1) is 15.3. The summed E-state index contributed by atoms with van der Waals surface area (Å²) in [6.07, 6.45) is -7.13. The number of oxime groups is 1. The lowest BCUT2D eigenvalue weighted by molar-refractivity contribution is -0.140. The average molecular weight is 510 g/mol. The van der Waals surface area contributed by atoms with Crippen LogP contribution in [0.15, 0.2) is 52.5 Å². The van der Waals surface area contributed by atoms with Crippen molar-refractivity contribution in [3.8, 4) is 0 Å². The second-order valence-corrected chi connectivity index (χ2v) is 9.39. The van der Waals surface area contributed by atoms with E-state index in [9.17, 15) is 30.8 Å². The summed E-state index contributed by atoms with van der Waals surface area (Å²) in [6, 6.07) is 6.25. The molecule has 2 aromatic carbocycles. The van der Waals surface area contributed by atoms with Crippen LogP contribution in [0, 0.1) is 5.82 Å². The summed E-state index contributed by atoms with van der Waals surface area (Å²) in [5.74, 6) is -2.25. The second kappa shape index (κ2) is 10.5. The van der Waals surface area contributed by atoms with E-state index in [1.165, 1.54) is 31.2 Å². The number of alkyl halides is 3. The number of carbonyl (C=O) groups is 1. The lowest BCUT2D eigenvalue weighted by Gasteiger charge is -2.29. The van der Waals surface area contributed by atoms with Gasteiger partial charge in [0.05, 0.1) is 10.6 Å². The zero-order valence-corrected chi connectivity index (χ0v) is 18.8. The Morgan fingerprint density at radius 2 is 1.82 bits per heavy atom. The van der Waals surface area contributed by atoms with E-state index >= 15 is 0 Å². The average Bonchev–Trinajstić information content (AvgIpc) is 2.72. The molecule has 0 unspecified atom stereocenters. The van der Waals surface area contributed by atoms with Crippen LogP contribution in [-0.2, 0) is 21.4 Å². The zero-order chi connectivity index (χ0) is 25.0. The molecule has 2 aromatic rings. The minimum absolute atomic E-state index is 0.0753. The summed E-state index contributed by atoms with van der Waals surface area (Å²) in [6.45, 7) is 0.615. The lowest BCUT2D eigenvalue weighted by atomic mass is 10.1. The largest absolute Gasteiger partial charge is 0.411 e. The Kier molecular flexibility index (Phi) is 8.44. The molecule has 0 aliphatic carbocycles. The molecule has 0 radical (unpaired) electrons. The van der Waals surface area contributed by atoms with Crippen molar-refractivity contribution in [2.75, 3.05) is 0 Å². The van der Waals surface area contributed by atoms with Crippen LogP contribution in [0.3, 0.4) is 0 Å². The third-order valence-electron chi connectivity index (χ3n) is 4.74. The minimum Gasteiger partial charge on any atom is -0.411 e.